The van der Waals surface area contributed by atoms with Gasteiger partial charge < -0.3 is 4.84 Å². The molecule has 0 bridgehead atoms. The average molecular weight is 191 g/mol. The Morgan fingerprint density at radius 2 is 2.57 bits per heavy atom. The number of carbonyl (C=O) groups excluding carboxylic acids is 1. The fourth-order valence-corrected chi connectivity index (χ4v) is 0.856. The van der Waals surface area contributed by atoms with E-state index in [1.165, 1.54) is 13.1 Å². The minimum absolute atomic E-state index is 0.287. The first-order valence-electron chi connectivity index (χ1n) is 3.97. The van der Waals surface area contributed by atoms with E-state index in [0.29, 0.717) is 11.3 Å². The van der Waals surface area contributed by atoms with Crippen LogP contribution in [0.25, 0.3) is 0 Å². The van der Waals surface area contributed by atoms with Crippen LogP contribution in [0.3, 0.4) is 0 Å². The van der Waals surface area contributed by atoms with Gasteiger partial charge in [0.1, 0.15) is 0 Å². The Labute approximate surface area is 81.3 Å². The maximum Gasteiger partial charge on any atom is 0.321 e. The van der Waals surface area contributed by atoms with Gasteiger partial charge in [-0.05, 0) is 12.1 Å². The minimum Gasteiger partial charge on any atom is -0.371 e. The highest BCUT2D eigenvalue weighted by Gasteiger charge is 1.97. The molecule has 1 rings (SSSR count). The predicted octanol–water partition coefficient (Wildman–Crippen LogP) is 0.521. The molecule has 14 heavy (non-hydrogen) atoms. The topological polar surface area (TPSA) is 75.0 Å². The lowest BCUT2D eigenvalue weighted by Gasteiger charge is -2.02. The highest BCUT2D eigenvalue weighted by Crippen LogP contribution is 1.99. The molecule has 1 aromatic rings. The van der Waals surface area contributed by atoms with Crippen molar-refractivity contribution in [3.8, 4) is 6.07 Å². The third kappa shape index (κ3) is 3.21. The van der Waals surface area contributed by atoms with Gasteiger partial charge in [-0.1, -0.05) is 0 Å². The van der Waals surface area contributed by atoms with E-state index in [1.807, 2.05) is 6.07 Å². The summed E-state index contributed by atoms with van der Waals surface area (Å²) in [6, 6.07) is 5.22. The molecule has 1 aromatic heterocycles. The highest BCUT2D eigenvalue weighted by atomic mass is 16.7. The zero-order valence-corrected chi connectivity index (χ0v) is 7.65. The van der Waals surface area contributed by atoms with E-state index in [1.54, 1.807) is 12.1 Å². The quantitative estimate of drug-likeness (QED) is 0.705. The van der Waals surface area contributed by atoms with Gasteiger partial charge >= 0.3 is 5.97 Å². The summed E-state index contributed by atoms with van der Waals surface area (Å²) in [5, 5.41) is 8.59. The van der Waals surface area contributed by atoms with E-state index in [9.17, 15) is 4.79 Å². The largest absolute Gasteiger partial charge is 0.371 e. The van der Waals surface area contributed by atoms with Gasteiger partial charge in [0.2, 0.25) is 0 Å². The normalized spacial score (nSPS) is 9.14. The van der Waals surface area contributed by atoms with Crippen LogP contribution in [-0.2, 0) is 16.2 Å². The monoisotopic (exact) mass is 191 g/mol. The molecule has 0 saturated carbocycles. The summed E-state index contributed by atoms with van der Waals surface area (Å²) in [4.78, 5) is 18.9. The Morgan fingerprint density at radius 3 is 3.21 bits per heavy atom. The molecule has 0 unspecified atom stereocenters. The number of hydroxylamine groups is 1. The van der Waals surface area contributed by atoms with Crippen molar-refractivity contribution in [3.05, 3.63) is 29.6 Å². The smallest absolute Gasteiger partial charge is 0.321 e. The third-order valence-corrected chi connectivity index (χ3v) is 1.41. The summed E-state index contributed by atoms with van der Waals surface area (Å²) >= 11 is 0. The average Bonchev–Trinajstić information content (AvgIpc) is 2.18. The number of carbonyl (C=O) groups is 1. The van der Waals surface area contributed by atoms with Crippen LogP contribution in [0.15, 0.2) is 18.3 Å². The first-order valence-corrected chi connectivity index (χ1v) is 3.97. The molecule has 0 aliphatic carbocycles. The molecule has 0 atom stereocenters. The Morgan fingerprint density at radius 1 is 1.79 bits per heavy atom. The first-order chi connectivity index (χ1) is 6.72. The van der Waals surface area contributed by atoms with Gasteiger partial charge in [0.05, 0.1) is 23.9 Å². The van der Waals surface area contributed by atoms with E-state index in [0.717, 1.165) is 0 Å². The van der Waals surface area contributed by atoms with Crippen LogP contribution >= 0.6 is 0 Å². The third-order valence-electron chi connectivity index (χ3n) is 1.41. The standard InChI is InChI=1S/C9H9N3O2/c1-7(13)14-12-6-9-4-8(5-10)2-3-11-9/h2-4,12H,6H2,1H3. The molecule has 5 heteroatoms. The number of nitrogens with one attached hydrogen (secondary N) is 1. The number of hydrogen-bond donors (Lipinski definition) is 1. The Bertz CT molecular complexity index is 371. The van der Waals surface area contributed by atoms with Gasteiger partial charge in [-0.15, -0.1) is 5.48 Å². The van der Waals surface area contributed by atoms with Gasteiger partial charge in [0, 0.05) is 13.1 Å². The summed E-state index contributed by atoms with van der Waals surface area (Å²) in [5.41, 5.74) is 3.60. The molecular weight excluding hydrogens is 182 g/mol. The molecule has 0 radical (unpaired) electrons. The Kier molecular flexibility index (Phi) is 3.58. The first kappa shape index (κ1) is 10.2. The van der Waals surface area contributed by atoms with Crippen molar-refractivity contribution < 1.29 is 9.63 Å². The number of aromatic nitrogens is 1. The summed E-state index contributed by atoms with van der Waals surface area (Å²) in [6.45, 7) is 1.58. The van der Waals surface area contributed by atoms with Crippen molar-refractivity contribution in [1.29, 1.82) is 5.26 Å². The molecule has 5 nitrogen and oxygen atoms in total. The number of rotatable bonds is 3. The SMILES string of the molecule is CC(=O)ONCc1cc(C#N)ccn1. The van der Waals surface area contributed by atoms with Crippen molar-refractivity contribution >= 4 is 5.97 Å². The second kappa shape index (κ2) is 4.94. The van der Waals surface area contributed by atoms with E-state index in [2.05, 4.69) is 15.3 Å². The molecule has 0 amide bonds. The number of nitrogens with zero attached hydrogens (tertiary/aromatic N) is 2. The summed E-state index contributed by atoms with van der Waals surface area (Å²) in [5.74, 6) is -0.415. The maximum absolute atomic E-state index is 10.4. The molecule has 1 heterocycles. The molecule has 0 aliphatic heterocycles. The van der Waals surface area contributed by atoms with E-state index in [-0.39, 0.29) is 6.54 Å². The number of pyridine rings is 1. The Balaban J connectivity index is 2.51. The molecule has 0 saturated heterocycles. The lowest BCUT2D eigenvalue weighted by molar-refractivity contribution is -0.148. The van der Waals surface area contributed by atoms with Gasteiger partial charge in [-0.25, -0.2) is 0 Å². The number of nitriles is 1. The van der Waals surface area contributed by atoms with Gasteiger partial charge in [0.25, 0.3) is 0 Å². The van der Waals surface area contributed by atoms with Gasteiger partial charge in [-0.2, -0.15) is 5.26 Å². The fourth-order valence-electron chi connectivity index (χ4n) is 0.856. The minimum atomic E-state index is -0.415. The molecule has 0 fully saturated rings. The van der Waals surface area contributed by atoms with Crippen LogP contribution < -0.4 is 5.48 Å². The van der Waals surface area contributed by atoms with Crippen LogP contribution in [0.2, 0.25) is 0 Å². The van der Waals surface area contributed by atoms with Crippen molar-refractivity contribution in [1.82, 2.24) is 10.5 Å². The highest BCUT2D eigenvalue weighted by molar-refractivity contribution is 5.65. The van der Waals surface area contributed by atoms with E-state index >= 15 is 0 Å². The lowest BCUT2D eigenvalue weighted by Crippen LogP contribution is -2.17. The van der Waals surface area contributed by atoms with Crippen LogP contribution in [0, 0.1) is 11.3 Å². The summed E-state index contributed by atoms with van der Waals surface area (Å²) < 4.78 is 0. The molecule has 0 aromatic carbocycles. The molecule has 0 spiro atoms. The maximum atomic E-state index is 10.4. The summed E-state index contributed by atoms with van der Waals surface area (Å²) in [6.07, 6.45) is 1.53. The molecule has 0 aliphatic rings. The van der Waals surface area contributed by atoms with Crippen LogP contribution in [-0.4, -0.2) is 11.0 Å². The molecule has 72 valence electrons. The Hall–Kier alpha value is -1.93. The van der Waals surface area contributed by atoms with E-state index < -0.39 is 5.97 Å². The van der Waals surface area contributed by atoms with Crippen LogP contribution in [0.1, 0.15) is 18.2 Å². The zero-order chi connectivity index (χ0) is 10.4. The second-order valence-corrected chi connectivity index (χ2v) is 2.56. The van der Waals surface area contributed by atoms with Crippen LogP contribution in [0.4, 0.5) is 0 Å². The fraction of sp³-hybridized carbons (Fsp3) is 0.222. The lowest BCUT2D eigenvalue weighted by atomic mass is 10.2. The van der Waals surface area contributed by atoms with Gasteiger partial charge in [0.15, 0.2) is 0 Å². The van der Waals surface area contributed by atoms with Crippen LogP contribution in [0.5, 0.6) is 0 Å². The molecular formula is C9H9N3O2. The zero-order valence-electron chi connectivity index (χ0n) is 7.65. The number of hydrogen-bond acceptors (Lipinski definition) is 5. The van der Waals surface area contributed by atoms with E-state index in [4.69, 9.17) is 5.26 Å². The predicted molar refractivity (Wildman–Crippen MR) is 47.6 cm³/mol. The van der Waals surface area contributed by atoms with Crippen molar-refractivity contribution in [2.75, 3.05) is 0 Å². The second-order valence-electron chi connectivity index (χ2n) is 2.56. The van der Waals surface area contributed by atoms with Crippen molar-refractivity contribution in [3.63, 3.8) is 0 Å². The van der Waals surface area contributed by atoms with Crippen molar-refractivity contribution in [2.45, 2.75) is 13.5 Å². The van der Waals surface area contributed by atoms with Gasteiger partial charge in [-0.3, -0.25) is 9.78 Å². The summed E-state index contributed by atoms with van der Waals surface area (Å²) in [7, 11) is 0. The molecule has 1 N–H and O–H groups in total. The van der Waals surface area contributed by atoms with Crippen molar-refractivity contribution in [2.24, 2.45) is 0 Å².